The van der Waals surface area contributed by atoms with E-state index in [1.807, 2.05) is 0 Å². The Morgan fingerprint density at radius 3 is 1.78 bits per heavy atom. The van der Waals surface area contributed by atoms with Gasteiger partial charge in [-0.3, -0.25) is 0 Å². The Morgan fingerprint density at radius 1 is 0.481 bits per heavy atom. The highest BCUT2D eigenvalue weighted by Gasteiger charge is 2.14. The largest absolute Gasteiger partial charge is 0.0622 e. The molecule has 0 saturated heterocycles. The van der Waals surface area contributed by atoms with Crippen LogP contribution in [0.3, 0.4) is 0 Å². The van der Waals surface area contributed by atoms with Gasteiger partial charge in [0.15, 0.2) is 0 Å². The Hall–Kier alpha value is -3.38. The molecular formula is C27H20. The van der Waals surface area contributed by atoms with E-state index in [1.165, 1.54) is 49.4 Å². The van der Waals surface area contributed by atoms with Crippen LogP contribution in [0.15, 0.2) is 103 Å². The van der Waals surface area contributed by atoms with E-state index in [0.717, 1.165) is 0 Å². The summed E-state index contributed by atoms with van der Waals surface area (Å²) in [5.74, 6) is 0. The average molecular weight is 344 g/mol. The third-order valence-electron chi connectivity index (χ3n) is 5.46. The number of hydrogen-bond donors (Lipinski definition) is 0. The average Bonchev–Trinajstić information content (AvgIpc) is 2.75. The minimum Gasteiger partial charge on any atom is -0.0622 e. The predicted octanol–water partition coefficient (Wildman–Crippen LogP) is 7.64. The number of rotatable bonds is 2. The standard InChI is InChI=1S/C27H20/c1-19-25(20-10-4-2-5-11-20)18-26(21-12-6-3-7-13-21)24-17-16-22-14-8-9-15-23(22)27(19)24/h2-18H,1H3. The summed E-state index contributed by atoms with van der Waals surface area (Å²) < 4.78 is 0. The van der Waals surface area contributed by atoms with Crippen molar-refractivity contribution in [2.75, 3.05) is 0 Å². The van der Waals surface area contributed by atoms with E-state index in [0.29, 0.717) is 0 Å². The van der Waals surface area contributed by atoms with Crippen molar-refractivity contribution in [2.24, 2.45) is 0 Å². The molecule has 0 spiro atoms. The van der Waals surface area contributed by atoms with Crippen LogP contribution in [0.4, 0.5) is 0 Å². The van der Waals surface area contributed by atoms with Crippen molar-refractivity contribution in [2.45, 2.75) is 6.92 Å². The van der Waals surface area contributed by atoms with Crippen molar-refractivity contribution in [3.05, 3.63) is 109 Å². The van der Waals surface area contributed by atoms with Crippen molar-refractivity contribution in [3.8, 4) is 22.3 Å². The van der Waals surface area contributed by atoms with Gasteiger partial charge >= 0.3 is 0 Å². The number of fused-ring (bicyclic) bond motifs is 3. The first-order chi connectivity index (χ1) is 13.3. The van der Waals surface area contributed by atoms with Gasteiger partial charge in [-0.15, -0.1) is 0 Å². The number of hydrogen-bond acceptors (Lipinski definition) is 0. The lowest BCUT2D eigenvalue weighted by Gasteiger charge is -2.17. The van der Waals surface area contributed by atoms with E-state index < -0.39 is 0 Å². The molecule has 0 fully saturated rings. The van der Waals surface area contributed by atoms with E-state index in [9.17, 15) is 0 Å². The zero-order chi connectivity index (χ0) is 18.2. The fraction of sp³-hybridized carbons (Fsp3) is 0.0370. The maximum absolute atomic E-state index is 2.36. The van der Waals surface area contributed by atoms with Crippen molar-refractivity contribution < 1.29 is 0 Å². The Morgan fingerprint density at radius 2 is 1.07 bits per heavy atom. The molecule has 27 heavy (non-hydrogen) atoms. The van der Waals surface area contributed by atoms with Gasteiger partial charge in [0.05, 0.1) is 0 Å². The normalized spacial score (nSPS) is 11.1. The van der Waals surface area contributed by atoms with Gasteiger partial charge in [0, 0.05) is 0 Å². The zero-order valence-corrected chi connectivity index (χ0v) is 15.3. The molecule has 0 radical (unpaired) electrons. The van der Waals surface area contributed by atoms with Gasteiger partial charge in [-0.2, -0.15) is 0 Å². The van der Waals surface area contributed by atoms with Crippen LogP contribution >= 0.6 is 0 Å². The van der Waals surface area contributed by atoms with Gasteiger partial charge in [-0.25, -0.2) is 0 Å². The third kappa shape index (κ3) is 2.62. The molecule has 0 unspecified atom stereocenters. The summed E-state index contributed by atoms with van der Waals surface area (Å²) in [6, 6.07) is 37.0. The minimum atomic E-state index is 1.26. The minimum absolute atomic E-state index is 1.26. The maximum Gasteiger partial charge on any atom is -0.00637 e. The first kappa shape index (κ1) is 15.8. The molecule has 0 aliphatic rings. The summed E-state index contributed by atoms with van der Waals surface area (Å²) in [5, 5.41) is 5.28. The second kappa shape index (κ2) is 6.41. The topological polar surface area (TPSA) is 0 Å². The SMILES string of the molecule is Cc1c(-c2ccccc2)cc(-c2ccccc2)c2ccc3ccccc3c12. The molecule has 0 aliphatic heterocycles. The molecule has 5 rings (SSSR count). The Labute approximate surface area is 159 Å². The highest BCUT2D eigenvalue weighted by Crippen LogP contribution is 2.40. The maximum atomic E-state index is 2.36. The first-order valence-corrected chi connectivity index (χ1v) is 9.39. The number of aryl methyl sites for hydroxylation is 1. The lowest BCUT2D eigenvalue weighted by atomic mass is 9.87. The zero-order valence-electron chi connectivity index (χ0n) is 15.3. The second-order valence-electron chi connectivity index (χ2n) is 7.04. The molecular weight excluding hydrogens is 324 g/mol. The Balaban J connectivity index is 1.97. The van der Waals surface area contributed by atoms with Crippen LogP contribution in [0, 0.1) is 6.92 Å². The molecule has 0 aliphatic carbocycles. The summed E-state index contributed by atoms with van der Waals surface area (Å²) >= 11 is 0. The van der Waals surface area contributed by atoms with Crippen molar-refractivity contribution in [3.63, 3.8) is 0 Å². The van der Waals surface area contributed by atoms with Gasteiger partial charge in [0.1, 0.15) is 0 Å². The molecule has 0 amide bonds. The lowest BCUT2D eigenvalue weighted by molar-refractivity contribution is 1.51. The fourth-order valence-corrected chi connectivity index (χ4v) is 4.14. The van der Waals surface area contributed by atoms with E-state index in [2.05, 4.69) is 110 Å². The summed E-state index contributed by atoms with van der Waals surface area (Å²) in [6.45, 7) is 2.26. The molecule has 0 aromatic heterocycles. The molecule has 5 aromatic rings. The van der Waals surface area contributed by atoms with Gasteiger partial charge in [-0.1, -0.05) is 97.1 Å². The molecule has 5 aromatic carbocycles. The van der Waals surface area contributed by atoms with Gasteiger partial charge in [0.25, 0.3) is 0 Å². The first-order valence-electron chi connectivity index (χ1n) is 9.39. The number of benzene rings is 5. The van der Waals surface area contributed by atoms with Crippen LogP contribution in [-0.4, -0.2) is 0 Å². The van der Waals surface area contributed by atoms with Gasteiger partial charge in [0.2, 0.25) is 0 Å². The predicted molar refractivity (Wildman–Crippen MR) is 117 cm³/mol. The quantitative estimate of drug-likeness (QED) is 0.289. The Bertz CT molecular complexity index is 1250. The van der Waals surface area contributed by atoms with E-state index in [1.54, 1.807) is 0 Å². The molecule has 0 bridgehead atoms. The molecule has 0 N–H and O–H groups in total. The van der Waals surface area contributed by atoms with Crippen molar-refractivity contribution in [1.29, 1.82) is 0 Å². The second-order valence-corrected chi connectivity index (χ2v) is 7.04. The molecule has 128 valence electrons. The van der Waals surface area contributed by atoms with Gasteiger partial charge in [-0.05, 0) is 62.4 Å². The van der Waals surface area contributed by atoms with E-state index in [4.69, 9.17) is 0 Å². The fourth-order valence-electron chi connectivity index (χ4n) is 4.14. The van der Waals surface area contributed by atoms with Crippen LogP contribution < -0.4 is 0 Å². The smallest absolute Gasteiger partial charge is 0.00637 e. The summed E-state index contributed by atoms with van der Waals surface area (Å²) in [5.41, 5.74) is 6.46. The van der Waals surface area contributed by atoms with Crippen LogP contribution in [-0.2, 0) is 0 Å². The van der Waals surface area contributed by atoms with Crippen LogP contribution in [0.1, 0.15) is 5.56 Å². The summed E-state index contributed by atoms with van der Waals surface area (Å²) in [6.07, 6.45) is 0. The highest BCUT2D eigenvalue weighted by molar-refractivity contribution is 6.15. The van der Waals surface area contributed by atoms with Crippen LogP contribution in [0.5, 0.6) is 0 Å². The van der Waals surface area contributed by atoms with Crippen LogP contribution in [0.25, 0.3) is 43.8 Å². The monoisotopic (exact) mass is 344 g/mol. The van der Waals surface area contributed by atoms with E-state index >= 15 is 0 Å². The van der Waals surface area contributed by atoms with E-state index in [-0.39, 0.29) is 0 Å². The van der Waals surface area contributed by atoms with Gasteiger partial charge < -0.3 is 0 Å². The molecule has 0 heterocycles. The van der Waals surface area contributed by atoms with Crippen molar-refractivity contribution in [1.82, 2.24) is 0 Å². The summed E-state index contributed by atoms with van der Waals surface area (Å²) in [4.78, 5) is 0. The molecule has 0 atom stereocenters. The lowest BCUT2D eigenvalue weighted by Crippen LogP contribution is -1.91. The third-order valence-corrected chi connectivity index (χ3v) is 5.46. The molecule has 0 heteroatoms. The van der Waals surface area contributed by atoms with Crippen molar-refractivity contribution >= 4 is 21.5 Å². The Kier molecular flexibility index (Phi) is 3.76. The van der Waals surface area contributed by atoms with Crippen LogP contribution in [0.2, 0.25) is 0 Å². The summed E-state index contributed by atoms with van der Waals surface area (Å²) in [7, 11) is 0. The molecule has 0 nitrogen and oxygen atoms in total. The highest BCUT2D eigenvalue weighted by atomic mass is 14.2. The molecule has 0 saturated carbocycles.